The SMILES string of the molecule is C[C@@H](NC(=O)COC(=O)c1ccc2c(c1)CCC2)c1cccs1. The Bertz CT molecular complexity index is 709. The summed E-state index contributed by atoms with van der Waals surface area (Å²) in [6, 6.07) is 9.47. The van der Waals surface area contributed by atoms with Crippen molar-refractivity contribution in [1.82, 2.24) is 5.32 Å². The summed E-state index contributed by atoms with van der Waals surface area (Å²) >= 11 is 1.58. The Kier molecular flexibility index (Phi) is 4.76. The van der Waals surface area contributed by atoms with Gasteiger partial charge in [0.2, 0.25) is 0 Å². The first kappa shape index (κ1) is 15.7. The van der Waals surface area contributed by atoms with Gasteiger partial charge in [0.05, 0.1) is 11.6 Å². The minimum absolute atomic E-state index is 0.0822. The molecule has 1 heterocycles. The van der Waals surface area contributed by atoms with E-state index in [-0.39, 0.29) is 18.6 Å². The second-order valence-corrected chi connectivity index (χ2v) is 6.70. The van der Waals surface area contributed by atoms with E-state index in [1.165, 1.54) is 11.1 Å². The number of rotatable bonds is 5. The Labute approximate surface area is 139 Å². The smallest absolute Gasteiger partial charge is 0.338 e. The summed E-state index contributed by atoms with van der Waals surface area (Å²) in [7, 11) is 0. The minimum atomic E-state index is -0.446. The van der Waals surface area contributed by atoms with Gasteiger partial charge >= 0.3 is 5.97 Å². The van der Waals surface area contributed by atoms with Crippen molar-refractivity contribution in [2.75, 3.05) is 6.61 Å². The summed E-state index contributed by atoms with van der Waals surface area (Å²) in [5, 5.41) is 4.79. The first-order valence-electron chi connectivity index (χ1n) is 7.75. The van der Waals surface area contributed by atoms with E-state index in [4.69, 9.17) is 4.74 Å². The van der Waals surface area contributed by atoms with Crippen LogP contribution in [0, 0.1) is 0 Å². The van der Waals surface area contributed by atoms with Gasteiger partial charge in [-0.15, -0.1) is 11.3 Å². The van der Waals surface area contributed by atoms with Crippen molar-refractivity contribution in [1.29, 1.82) is 0 Å². The van der Waals surface area contributed by atoms with E-state index in [0.29, 0.717) is 5.56 Å². The molecule has 0 unspecified atom stereocenters. The van der Waals surface area contributed by atoms with Gasteiger partial charge in [-0.2, -0.15) is 0 Å². The van der Waals surface area contributed by atoms with Gasteiger partial charge in [0.25, 0.3) is 5.91 Å². The van der Waals surface area contributed by atoms with E-state index < -0.39 is 5.97 Å². The molecule has 1 N–H and O–H groups in total. The van der Waals surface area contributed by atoms with Gasteiger partial charge in [0.15, 0.2) is 6.61 Å². The maximum absolute atomic E-state index is 12.1. The number of hydrogen-bond donors (Lipinski definition) is 1. The quantitative estimate of drug-likeness (QED) is 0.857. The van der Waals surface area contributed by atoms with Crippen LogP contribution in [0.2, 0.25) is 0 Å². The van der Waals surface area contributed by atoms with Crippen LogP contribution in [0.1, 0.15) is 45.7 Å². The lowest BCUT2D eigenvalue weighted by Crippen LogP contribution is -2.30. The number of carbonyl (C=O) groups excluding carboxylic acids is 2. The molecule has 1 amide bonds. The fraction of sp³-hybridized carbons (Fsp3) is 0.333. The van der Waals surface area contributed by atoms with E-state index in [1.54, 1.807) is 17.4 Å². The van der Waals surface area contributed by atoms with Crippen LogP contribution in [-0.4, -0.2) is 18.5 Å². The van der Waals surface area contributed by atoms with Gasteiger partial charge in [-0.05, 0) is 60.9 Å². The summed E-state index contributed by atoms with van der Waals surface area (Å²) in [5.74, 6) is -0.737. The second kappa shape index (κ2) is 6.96. The van der Waals surface area contributed by atoms with Gasteiger partial charge in [-0.3, -0.25) is 4.79 Å². The molecule has 1 aromatic heterocycles. The molecule has 1 aromatic carbocycles. The van der Waals surface area contributed by atoms with E-state index in [2.05, 4.69) is 5.32 Å². The lowest BCUT2D eigenvalue weighted by atomic mass is 10.1. The molecule has 0 radical (unpaired) electrons. The van der Waals surface area contributed by atoms with Crippen molar-refractivity contribution in [3.05, 3.63) is 57.3 Å². The Morgan fingerprint density at radius 3 is 2.87 bits per heavy atom. The Morgan fingerprint density at radius 1 is 1.26 bits per heavy atom. The largest absolute Gasteiger partial charge is 0.452 e. The number of hydrogen-bond acceptors (Lipinski definition) is 4. The minimum Gasteiger partial charge on any atom is -0.452 e. The molecule has 5 heteroatoms. The maximum Gasteiger partial charge on any atom is 0.338 e. The highest BCUT2D eigenvalue weighted by Crippen LogP contribution is 2.23. The molecule has 1 aliphatic rings. The number of thiophene rings is 1. The van der Waals surface area contributed by atoms with Crippen LogP contribution in [0.4, 0.5) is 0 Å². The van der Waals surface area contributed by atoms with Crippen LogP contribution in [0.5, 0.6) is 0 Å². The molecular formula is C18H19NO3S. The zero-order valence-corrected chi connectivity index (χ0v) is 13.8. The van der Waals surface area contributed by atoms with Crippen LogP contribution >= 0.6 is 11.3 Å². The standard InChI is InChI=1S/C18H19NO3S/c1-12(16-6-3-9-23-16)19-17(20)11-22-18(21)15-8-7-13-4-2-5-14(13)10-15/h3,6-10,12H,2,4-5,11H2,1H3,(H,19,20)/t12-/m1/s1. The summed E-state index contributed by atoms with van der Waals surface area (Å²) in [5.41, 5.74) is 3.05. The summed E-state index contributed by atoms with van der Waals surface area (Å²) < 4.78 is 5.12. The lowest BCUT2D eigenvalue weighted by molar-refractivity contribution is -0.124. The zero-order valence-electron chi connectivity index (χ0n) is 13.0. The third kappa shape index (κ3) is 3.79. The third-order valence-electron chi connectivity index (χ3n) is 4.02. The zero-order chi connectivity index (χ0) is 16.2. The second-order valence-electron chi connectivity index (χ2n) is 5.72. The Balaban J connectivity index is 1.51. The van der Waals surface area contributed by atoms with Crippen LogP contribution in [0.25, 0.3) is 0 Å². The summed E-state index contributed by atoms with van der Waals surface area (Å²) in [6.45, 7) is 1.65. The number of aryl methyl sites for hydroxylation is 2. The molecule has 0 aliphatic heterocycles. The highest BCUT2D eigenvalue weighted by Gasteiger charge is 2.16. The predicted molar refractivity (Wildman–Crippen MR) is 89.6 cm³/mol. The maximum atomic E-state index is 12.1. The monoisotopic (exact) mass is 329 g/mol. The number of fused-ring (bicyclic) bond motifs is 1. The fourth-order valence-corrected chi connectivity index (χ4v) is 3.54. The lowest BCUT2D eigenvalue weighted by Gasteiger charge is -2.12. The van der Waals surface area contributed by atoms with E-state index in [1.807, 2.05) is 36.6 Å². The van der Waals surface area contributed by atoms with Gasteiger partial charge in [-0.1, -0.05) is 12.1 Å². The van der Waals surface area contributed by atoms with Gasteiger partial charge in [0, 0.05) is 4.88 Å². The summed E-state index contributed by atoms with van der Waals surface area (Å²) in [6.07, 6.45) is 3.22. The van der Waals surface area contributed by atoms with Gasteiger partial charge in [0.1, 0.15) is 0 Å². The Morgan fingerprint density at radius 2 is 2.09 bits per heavy atom. The first-order chi connectivity index (χ1) is 11.1. The number of nitrogens with one attached hydrogen (secondary N) is 1. The molecule has 0 spiro atoms. The molecule has 0 saturated carbocycles. The van der Waals surface area contributed by atoms with Crippen LogP contribution in [-0.2, 0) is 22.4 Å². The number of esters is 1. The number of amides is 1. The van der Waals surface area contributed by atoms with E-state index >= 15 is 0 Å². The third-order valence-corrected chi connectivity index (χ3v) is 5.07. The molecule has 3 rings (SSSR count). The molecule has 0 fully saturated rings. The molecule has 2 aromatic rings. The molecule has 1 atom stereocenters. The van der Waals surface area contributed by atoms with Crippen LogP contribution in [0.3, 0.4) is 0 Å². The van der Waals surface area contributed by atoms with E-state index in [0.717, 1.165) is 24.1 Å². The molecule has 0 bridgehead atoms. The molecule has 1 aliphatic carbocycles. The van der Waals surface area contributed by atoms with Crippen molar-refractivity contribution >= 4 is 23.2 Å². The number of benzene rings is 1. The van der Waals surface area contributed by atoms with Crippen molar-refractivity contribution in [2.45, 2.75) is 32.2 Å². The molecule has 4 nitrogen and oxygen atoms in total. The average molecular weight is 329 g/mol. The highest BCUT2D eigenvalue weighted by molar-refractivity contribution is 7.10. The van der Waals surface area contributed by atoms with Crippen molar-refractivity contribution in [2.24, 2.45) is 0 Å². The summed E-state index contributed by atoms with van der Waals surface area (Å²) in [4.78, 5) is 25.0. The van der Waals surface area contributed by atoms with Gasteiger partial charge in [-0.25, -0.2) is 4.79 Å². The predicted octanol–water partition coefficient (Wildman–Crippen LogP) is 3.27. The number of carbonyl (C=O) groups is 2. The number of ether oxygens (including phenoxy) is 1. The Hall–Kier alpha value is -2.14. The average Bonchev–Trinajstić information content (AvgIpc) is 3.22. The molecular weight excluding hydrogens is 310 g/mol. The van der Waals surface area contributed by atoms with Crippen molar-refractivity contribution in [3.63, 3.8) is 0 Å². The topological polar surface area (TPSA) is 55.4 Å². The molecule has 120 valence electrons. The fourth-order valence-electron chi connectivity index (χ4n) is 2.81. The normalized spacial score (nSPS) is 14.1. The molecule has 0 saturated heterocycles. The first-order valence-corrected chi connectivity index (χ1v) is 8.63. The van der Waals surface area contributed by atoms with Crippen molar-refractivity contribution < 1.29 is 14.3 Å². The van der Waals surface area contributed by atoms with Crippen LogP contribution in [0.15, 0.2) is 35.7 Å². The molecule has 23 heavy (non-hydrogen) atoms. The van der Waals surface area contributed by atoms with Crippen LogP contribution < -0.4 is 5.32 Å². The van der Waals surface area contributed by atoms with Crippen molar-refractivity contribution in [3.8, 4) is 0 Å². The van der Waals surface area contributed by atoms with Gasteiger partial charge < -0.3 is 10.1 Å². The van der Waals surface area contributed by atoms with E-state index in [9.17, 15) is 9.59 Å². The highest BCUT2D eigenvalue weighted by atomic mass is 32.1.